The number of carbonyl (C=O) groups excluding carboxylic acids is 1. The zero-order valence-corrected chi connectivity index (χ0v) is 13.0. The third-order valence-electron chi connectivity index (χ3n) is 3.15. The smallest absolute Gasteiger partial charge is 0.315 e. The van der Waals surface area contributed by atoms with E-state index in [0.29, 0.717) is 12.1 Å². The molecule has 2 amide bonds. The highest BCUT2D eigenvalue weighted by atomic mass is 32.1. The van der Waals surface area contributed by atoms with Crippen LogP contribution in [0.1, 0.15) is 22.9 Å². The largest absolute Gasteiger partial charge is 0.383 e. The van der Waals surface area contributed by atoms with Gasteiger partial charge in [0.05, 0.1) is 18.2 Å². The van der Waals surface area contributed by atoms with Crippen LogP contribution in [0.25, 0.3) is 0 Å². The number of thiophene rings is 1. The molecule has 1 heterocycles. The van der Waals surface area contributed by atoms with Gasteiger partial charge in [0.25, 0.3) is 0 Å². The Hall–Kier alpha value is -2.36. The van der Waals surface area contributed by atoms with E-state index in [1.807, 2.05) is 23.6 Å². The number of aliphatic hydroxyl groups is 1. The molecule has 3 N–H and O–H groups in total. The van der Waals surface area contributed by atoms with Crippen molar-refractivity contribution in [1.29, 1.82) is 5.26 Å². The molecule has 1 unspecified atom stereocenters. The first-order valence-corrected chi connectivity index (χ1v) is 7.66. The Bertz CT molecular complexity index is 675. The van der Waals surface area contributed by atoms with Crippen LogP contribution in [0.2, 0.25) is 0 Å². The number of nitriles is 1. The zero-order valence-electron chi connectivity index (χ0n) is 12.2. The average molecular weight is 315 g/mol. The molecule has 0 bridgehead atoms. The number of hydrogen-bond donors (Lipinski definition) is 3. The molecule has 5 nitrogen and oxygen atoms in total. The van der Waals surface area contributed by atoms with Crippen LogP contribution in [0, 0.1) is 11.3 Å². The van der Waals surface area contributed by atoms with E-state index in [1.165, 1.54) is 11.3 Å². The van der Waals surface area contributed by atoms with E-state index in [0.717, 1.165) is 10.4 Å². The Morgan fingerprint density at radius 3 is 2.86 bits per heavy atom. The molecule has 2 aromatic rings. The van der Waals surface area contributed by atoms with E-state index >= 15 is 0 Å². The van der Waals surface area contributed by atoms with Gasteiger partial charge in [0.2, 0.25) is 0 Å². The summed E-state index contributed by atoms with van der Waals surface area (Å²) in [6, 6.07) is 12.4. The number of hydrogen-bond acceptors (Lipinski definition) is 4. The van der Waals surface area contributed by atoms with Crippen LogP contribution in [0.3, 0.4) is 0 Å². The van der Waals surface area contributed by atoms with E-state index in [1.54, 1.807) is 25.1 Å². The predicted molar refractivity (Wildman–Crippen MR) is 85.3 cm³/mol. The van der Waals surface area contributed by atoms with Gasteiger partial charge in [0, 0.05) is 11.4 Å². The molecule has 0 spiro atoms. The lowest BCUT2D eigenvalue weighted by Gasteiger charge is -2.22. The van der Waals surface area contributed by atoms with E-state index < -0.39 is 5.60 Å². The number of urea groups is 1. The fourth-order valence-corrected chi connectivity index (χ4v) is 2.71. The molecule has 0 radical (unpaired) electrons. The highest BCUT2D eigenvalue weighted by molar-refractivity contribution is 7.10. The van der Waals surface area contributed by atoms with Gasteiger partial charge in [0.15, 0.2) is 0 Å². The number of benzene rings is 1. The third kappa shape index (κ3) is 4.32. The third-order valence-corrected chi connectivity index (χ3v) is 4.28. The second-order valence-electron chi connectivity index (χ2n) is 5.10. The van der Waals surface area contributed by atoms with Crippen LogP contribution >= 0.6 is 11.3 Å². The molecule has 1 aromatic heterocycles. The van der Waals surface area contributed by atoms with Crippen molar-refractivity contribution < 1.29 is 9.90 Å². The standard InChI is InChI=1S/C16H17N3O2S/c1-16(21,14-6-3-7-22-14)11-19-15(20)18-10-13-5-2-4-12(8-13)9-17/h2-8,21H,10-11H2,1H3,(H2,18,19,20). The van der Waals surface area contributed by atoms with Crippen molar-refractivity contribution in [3.8, 4) is 6.07 Å². The maximum atomic E-state index is 11.8. The summed E-state index contributed by atoms with van der Waals surface area (Å²) in [6.07, 6.45) is 0. The molecule has 1 atom stereocenters. The summed E-state index contributed by atoms with van der Waals surface area (Å²) in [5, 5.41) is 26.4. The van der Waals surface area contributed by atoms with Gasteiger partial charge in [-0.25, -0.2) is 4.79 Å². The quantitative estimate of drug-likeness (QED) is 0.791. The highest BCUT2D eigenvalue weighted by Crippen LogP contribution is 2.24. The molecule has 0 saturated heterocycles. The van der Waals surface area contributed by atoms with Gasteiger partial charge < -0.3 is 15.7 Å². The number of carbonyl (C=O) groups is 1. The van der Waals surface area contributed by atoms with Gasteiger partial charge in [-0.3, -0.25) is 0 Å². The summed E-state index contributed by atoms with van der Waals surface area (Å²) in [5.74, 6) is 0. The lowest BCUT2D eigenvalue weighted by Crippen LogP contribution is -2.42. The van der Waals surface area contributed by atoms with Crippen molar-refractivity contribution in [2.45, 2.75) is 19.1 Å². The molecule has 0 aliphatic heterocycles. The molecule has 0 aliphatic rings. The van der Waals surface area contributed by atoms with Crippen LogP contribution in [0.15, 0.2) is 41.8 Å². The normalized spacial score (nSPS) is 13.0. The highest BCUT2D eigenvalue weighted by Gasteiger charge is 2.24. The fourth-order valence-electron chi connectivity index (χ4n) is 1.92. The van der Waals surface area contributed by atoms with Gasteiger partial charge >= 0.3 is 6.03 Å². The second kappa shape index (κ2) is 7.07. The first kappa shape index (κ1) is 16.0. The van der Waals surface area contributed by atoms with Crippen LogP contribution in [-0.2, 0) is 12.1 Å². The van der Waals surface area contributed by atoms with Crippen molar-refractivity contribution in [2.24, 2.45) is 0 Å². The minimum absolute atomic E-state index is 0.123. The van der Waals surface area contributed by atoms with Crippen molar-refractivity contribution in [3.05, 3.63) is 57.8 Å². The maximum Gasteiger partial charge on any atom is 0.315 e. The average Bonchev–Trinajstić information content (AvgIpc) is 3.06. The van der Waals surface area contributed by atoms with E-state index in [4.69, 9.17) is 5.26 Å². The van der Waals surface area contributed by atoms with Crippen LogP contribution in [0.4, 0.5) is 4.79 Å². The molecular weight excluding hydrogens is 298 g/mol. The lowest BCUT2D eigenvalue weighted by molar-refractivity contribution is 0.0631. The monoisotopic (exact) mass is 315 g/mol. The van der Waals surface area contributed by atoms with E-state index in [-0.39, 0.29) is 12.6 Å². The number of rotatable bonds is 5. The van der Waals surface area contributed by atoms with Crippen molar-refractivity contribution in [2.75, 3.05) is 6.54 Å². The summed E-state index contributed by atoms with van der Waals surface area (Å²) in [4.78, 5) is 12.6. The predicted octanol–water partition coefficient (Wildman–Crippen LogP) is 2.33. The Morgan fingerprint density at radius 1 is 1.36 bits per heavy atom. The topological polar surface area (TPSA) is 85.2 Å². The molecule has 114 valence electrons. The van der Waals surface area contributed by atoms with Gasteiger partial charge in [-0.05, 0) is 36.1 Å². The summed E-state index contributed by atoms with van der Waals surface area (Å²) in [7, 11) is 0. The van der Waals surface area contributed by atoms with Crippen molar-refractivity contribution in [1.82, 2.24) is 10.6 Å². The Morgan fingerprint density at radius 2 is 2.18 bits per heavy atom. The first-order valence-electron chi connectivity index (χ1n) is 6.78. The lowest BCUT2D eigenvalue weighted by atomic mass is 10.1. The SMILES string of the molecule is CC(O)(CNC(=O)NCc1cccc(C#N)c1)c1cccs1. The van der Waals surface area contributed by atoms with E-state index in [2.05, 4.69) is 16.7 Å². The molecule has 1 aromatic carbocycles. The molecule has 0 aliphatic carbocycles. The summed E-state index contributed by atoms with van der Waals surface area (Å²) in [5.41, 5.74) is 0.311. The molecule has 6 heteroatoms. The summed E-state index contributed by atoms with van der Waals surface area (Å²) in [6.45, 7) is 2.11. The minimum Gasteiger partial charge on any atom is -0.383 e. The van der Waals surface area contributed by atoms with Crippen LogP contribution in [0.5, 0.6) is 0 Å². The molecule has 22 heavy (non-hydrogen) atoms. The van der Waals surface area contributed by atoms with Gasteiger partial charge in [-0.15, -0.1) is 11.3 Å². The Labute approximate surface area is 133 Å². The Balaban J connectivity index is 1.82. The Kier molecular flexibility index (Phi) is 5.15. The van der Waals surface area contributed by atoms with Crippen LogP contribution in [-0.4, -0.2) is 17.7 Å². The number of amides is 2. The molecule has 2 rings (SSSR count). The number of nitrogens with zero attached hydrogens (tertiary/aromatic N) is 1. The minimum atomic E-state index is -1.09. The van der Waals surface area contributed by atoms with Gasteiger partial charge in [-0.1, -0.05) is 18.2 Å². The summed E-state index contributed by atoms with van der Waals surface area (Å²) >= 11 is 1.44. The molecular formula is C16H17N3O2S. The van der Waals surface area contributed by atoms with Crippen LogP contribution < -0.4 is 10.6 Å². The van der Waals surface area contributed by atoms with Crippen molar-refractivity contribution >= 4 is 17.4 Å². The van der Waals surface area contributed by atoms with E-state index in [9.17, 15) is 9.90 Å². The van der Waals surface area contributed by atoms with Gasteiger partial charge in [0.1, 0.15) is 5.60 Å². The molecule has 0 fully saturated rings. The second-order valence-corrected chi connectivity index (χ2v) is 6.05. The first-order chi connectivity index (χ1) is 10.5. The zero-order chi connectivity index (χ0) is 16.0. The fraction of sp³-hybridized carbons (Fsp3) is 0.250. The number of nitrogens with one attached hydrogen (secondary N) is 2. The van der Waals surface area contributed by atoms with Crippen molar-refractivity contribution in [3.63, 3.8) is 0 Å². The molecule has 0 saturated carbocycles. The maximum absolute atomic E-state index is 11.8. The summed E-state index contributed by atoms with van der Waals surface area (Å²) < 4.78 is 0. The van der Waals surface area contributed by atoms with Gasteiger partial charge in [-0.2, -0.15) is 5.26 Å².